The van der Waals surface area contributed by atoms with Crippen molar-refractivity contribution in [1.82, 2.24) is 4.90 Å². The van der Waals surface area contributed by atoms with Crippen LogP contribution in [0.15, 0.2) is 0 Å². The van der Waals surface area contributed by atoms with Crippen LogP contribution in [-0.2, 0) is 9.53 Å². The summed E-state index contributed by atoms with van der Waals surface area (Å²) in [7, 11) is 0. The van der Waals surface area contributed by atoms with Gasteiger partial charge in [-0.05, 0) is 12.8 Å². The van der Waals surface area contributed by atoms with Crippen LogP contribution in [0.1, 0.15) is 12.8 Å². The molecule has 3 atom stereocenters. The van der Waals surface area contributed by atoms with Crippen molar-refractivity contribution >= 4 is 18.2 Å². The number of hydrogen-bond acceptors (Lipinski definition) is 4. The van der Waals surface area contributed by atoms with E-state index >= 15 is 0 Å². The Kier molecular flexibility index (Phi) is 2.08. The number of nitrogens with zero attached hydrogens (tertiary/aromatic N) is 2. The van der Waals surface area contributed by atoms with Crippen LogP contribution in [0.2, 0.25) is 0 Å². The molecule has 0 aromatic rings. The molecule has 0 spiro atoms. The molecule has 6 nitrogen and oxygen atoms in total. The fraction of sp³-hybridized carbons (Fsp3) is 0.700. The van der Waals surface area contributed by atoms with Crippen molar-refractivity contribution in [1.29, 1.82) is 0 Å². The van der Waals surface area contributed by atoms with Gasteiger partial charge in [-0.2, -0.15) is 9.37 Å². The van der Waals surface area contributed by atoms with Gasteiger partial charge in [0.2, 0.25) is 6.67 Å². The molecule has 2 fully saturated rings. The molecule has 3 unspecified atom stereocenters. The fourth-order valence-electron chi connectivity index (χ4n) is 2.45. The molecule has 0 saturated carbocycles. The second-order valence-corrected chi connectivity index (χ2v) is 4.39. The van der Waals surface area contributed by atoms with Gasteiger partial charge in [-0.1, -0.05) is 0 Å². The summed E-state index contributed by atoms with van der Waals surface area (Å²) < 4.78 is 7.09. The highest BCUT2D eigenvalue weighted by Crippen LogP contribution is 2.29. The third-order valence-electron chi connectivity index (χ3n) is 3.41. The molecule has 4 aliphatic rings. The highest BCUT2D eigenvalue weighted by Gasteiger charge is 2.56. The van der Waals surface area contributed by atoms with Crippen LogP contribution in [0.5, 0.6) is 0 Å². The minimum Gasteiger partial charge on any atom is -0.394 e. The average molecular weight is 225 g/mol. The Morgan fingerprint density at radius 3 is 2.88 bits per heavy atom. The molecule has 4 aliphatic heterocycles. The molecule has 2 bridgehead atoms. The average Bonchev–Trinajstić information content (AvgIpc) is 2.76. The normalized spacial score (nSPS) is 37.4. The molecule has 3 amide bonds. The van der Waals surface area contributed by atoms with Crippen molar-refractivity contribution in [3.8, 4) is 0 Å². The minimum atomic E-state index is -0.358. The van der Waals surface area contributed by atoms with Gasteiger partial charge in [-0.25, -0.2) is 4.79 Å². The van der Waals surface area contributed by atoms with Crippen LogP contribution in [0.4, 0.5) is 4.79 Å². The Morgan fingerprint density at radius 2 is 2.31 bits per heavy atom. The van der Waals surface area contributed by atoms with Gasteiger partial charge in [0.15, 0.2) is 0 Å². The van der Waals surface area contributed by atoms with E-state index in [0.717, 1.165) is 12.8 Å². The number of carbonyl (C=O) groups is 2. The predicted molar refractivity (Wildman–Crippen MR) is 51.9 cm³/mol. The number of hydrogen-bond donors (Lipinski definition) is 1. The van der Waals surface area contributed by atoms with Crippen LogP contribution in [0.25, 0.3) is 0 Å². The maximum absolute atomic E-state index is 11.9. The number of carbonyl (C=O) groups excluding carboxylic acids is 2. The predicted octanol–water partition coefficient (Wildman–Crippen LogP) is -0.841. The first-order valence-electron chi connectivity index (χ1n) is 5.44. The first-order valence-corrected chi connectivity index (χ1v) is 5.44. The van der Waals surface area contributed by atoms with Crippen LogP contribution < -0.4 is 0 Å². The summed E-state index contributed by atoms with van der Waals surface area (Å²) in [5, 5.41) is 8.96. The molecule has 0 aromatic carbocycles. The van der Waals surface area contributed by atoms with Gasteiger partial charge in [0.1, 0.15) is 5.92 Å². The number of rotatable bonds is 2. The van der Waals surface area contributed by atoms with E-state index in [-0.39, 0.29) is 36.7 Å². The van der Waals surface area contributed by atoms with E-state index in [1.807, 2.05) is 0 Å². The van der Waals surface area contributed by atoms with Gasteiger partial charge in [-0.3, -0.25) is 0 Å². The maximum Gasteiger partial charge on any atom is 0.506 e. The summed E-state index contributed by atoms with van der Waals surface area (Å²) in [5.41, 5.74) is 0. The molecule has 6 heteroatoms. The lowest BCUT2D eigenvalue weighted by molar-refractivity contribution is -0.514. The van der Waals surface area contributed by atoms with Gasteiger partial charge >= 0.3 is 11.9 Å². The van der Waals surface area contributed by atoms with E-state index in [1.54, 1.807) is 6.21 Å². The van der Waals surface area contributed by atoms with Crippen LogP contribution in [0, 0.1) is 5.92 Å². The lowest BCUT2D eigenvalue weighted by Crippen LogP contribution is -2.65. The second kappa shape index (κ2) is 3.36. The Labute approximate surface area is 92.1 Å². The SMILES string of the molecule is O=C1C(C2CCC(CO)O2)C=[N+]2CN1C2=O. The van der Waals surface area contributed by atoms with Crippen molar-refractivity contribution in [2.45, 2.75) is 25.0 Å². The molecule has 1 N–H and O–H groups in total. The van der Waals surface area contributed by atoms with E-state index in [9.17, 15) is 9.59 Å². The number of aliphatic hydroxyl groups excluding tert-OH is 1. The minimum absolute atomic E-state index is 0.0101. The van der Waals surface area contributed by atoms with Crippen LogP contribution in [-0.4, -0.2) is 58.2 Å². The standard InChI is InChI=1S/C10H13N2O4/c13-4-6-1-2-8(16-6)7-3-11-5-12(9(7)14)10(11)15/h3,6-8,13H,1-2,4-5H2/q+1. The zero-order chi connectivity index (χ0) is 11.3. The Hall–Kier alpha value is -1.27. The summed E-state index contributed by atoms with van der Waals surface area (Å²) in [5.74, 6) is -0.529. The second-order valence-electron chi connectivity index (χ2n) is 4.39. The van der Waals surface area contributed by atoms with Gasteiger partial charge in [-0.15, -0.1) is 4.90 Å². The molecule has 4 heterocycles. The van der Waals surface area contributed by atoms with Crippen LogP contribution >= 0.6 is 0 Å². The molecular weight excluding hydrogens is 212 g/mol. The highest BCUT2D eigenvalue weighted by molar-refractivity contribution is 6.06. The van der Waals surface area contributed by atoms with E-state index in [1.165, 1.54) is 9.48 Å². The van der Waals surface area contributed by atoms with Crippen molar-refractivity contribution < 1.29 is 24.0 Å². The molecule has 2 saturated heterocycles. The fourth-order valence-corrected chi connectivity index (χ4v) is 2.45. The third kappa shape index (κ3) is 1.23. The Bertz CT molecular complexity index is 392. The van der Waals surface area contributed by atoms with Gasteiger partial charge < -0.3 is 9.84 Å². The lowest BCUT2D eigenvalue weighted by Gasteiger charge is -2.32. The molecule has 4 rings (SSSR count). The molecule has 86 valence electrons. The quantitative estimate of drug-likeness (QED) is 0.622. The van der Waals surface area contributed by atoms with E-state index in [2.05, 4.69) is 0 Å². The van der Waals surface area contributed by atoms with Gasteiger partial charge in [0.05, 0.1) is 25.0 Å². The number of ether oxygens (including phenoxy) is 1. The molecule has 16 heavy (non-hydrogen) atoms. The Morgan fingerprint density at radius 1 is 1.50 bits per heavy atom. The van der Waals surface area contributed by atoms with E-state index in [0.29, 0.717) is 6.67 Å². The molecule has 0 radical (unpaired) electrons. The van der Waals surface area contributed by atoms with E-state index < -0.39 is 0 Å². The monoisotopic (exact) mass is 225 g/mol. The lowest BCUT2D eigenvalue weighted by atomic mass is 9.96. The first kappa shape index (κ1) is 9.92. The van der Waals surface area contributed by atoms with Crippen molar-refractivity contribution in [3.63, 3.8) is 0 Å². The first-order chi connectivity index (χ1) is 7.70. The molecule has 0 aliphatic carbocycles. The number of aliphatic hydroxyl groups is 1. The highest BCUT2D eigenvalue weighted by atomic mass is 16.5. The van der Waals surface area contributed by atoms with Crippen molar-refractivity contribution in [3.05, 3.63) is 0 Å². The topological polar surface area (TPSA) is 69.8 Å². The number of urea groups is 1. The maximum atomic E-state index is 11.9. The van der Waals surface area contributed by atoms with Crippen molar-refractivity contribution in [2.75, 3.05) is 13.3 Å². The molecule has 0 aromatic heterocycles. The van der Waals surface area contributed by atoms with E-state index in [4.69, 9.17) is 9.84 Å². The zero-order valence-corrected chi connectivity index (χ0v) is 8.70. The smallest absolute Gasteiger partial charge is 0.394 e. The zero-order valence-electron chi connectivity index (χ0n) is 8.70. The largest absolute Gasteiger partial charge is 0.506 e. The number of fused-ring (bicyclic) bond motifs is 2. The van der Waals surface area contributed by atoms with Gasteiger partial charge in [0, 0.05) is 0 Å². The summed E-state index contributed by atoms with van der Waals surface area (Å²) >= 11 is 0. The number of imide groups is 1. The summed E-state index contributed by atoms with van der Waals surface area (Å²) in [6.07, 6.45) is 2.84. The van der Waals surface area contributed by atoms with Crippen LogP contribution in [0.3, 0.4) is 0 Å². The summed E-state index contributed by atoms with van der Waals surface area (Å²) in [6, 6.07) is -0.238. The number of amides is 3. The Balaban J connectivity index is 1.77. The van der Waals surface area contributed by atoms with Crippen molar-refractivity contribution in [2.24, 2.45) is 5.92 Å². The van der Waals surface area contributed by atoms with Gasteiger partial charge in [0.25, 0.3) is 0 Å². The molecular formula is C10H13N2O4+. The third-order valence-corrected chi connectivity index (χ3v) is 3.41. The summed E-state index contributed by atoms with van der Waals surface area (Å²) in [6.45, 7) is 0.369. The summed E-state index contributed by atoms with van der Waals surface area (Å²) in [4.78, 5) is 24.4.